The summed E-state index contributed by atoms with van der Waals surface area (Å²) in [7, 11) is 1.78. The molecule has 0 saturated carbocycles. The van der Waals surface area contributed by atoms with Crippen molar-refractivity contribution in [1.29, 1.82) is 0 Å². The molecule has 0 radical (unpaired) electrons. The summed E-state index contributed by atoms with van der Waals surface area (Å²) in [6.07, 6.45) is 0.971. The van der Waals surface area contributed by atoms with Gasteiger partial charge in [0.2, 0.25) is 0 Å². The molecule has 1 amide bonds. The summed E-state index contributed by atoms with van der Waals surface area (Å²) in [6.45, 7) is 3.06. The largest absolute Gasteiger partial charge is 0.492 e. The number of benzene rings is 2. The number of amides is 1. The standard InChI is InChI=1S/C18H20ClNO2/c1-3-14-4-6-15(7-5-14)18(21)20(2)12-13-22-17-10-8-16(19)9-11-17/h4-11H,3,12-13H2,1-2H3. The van der Waals surface area contributed by atoms with Gasteiger partial charge in [-0.25, -0.2) is 0 Å². The normalized spacial score (nSPS) is 10.3. The van der Waals surface area contributed by atoms with Gasteiger partial charge in [-0.3, -0.25) is 4.79 Å². The maximum Gasteiger partial charge on any atom is 0.253 e. The molecule has 0 aliphatic carbocycles. The van der Waals surface area contributed by atoms with Crippen molar-refractivity contribution in [3.05, 3.63) is 64.7 Å². The van der Waals surface area contributed by atoms with Crippen LogP contribution < -0.4 is 4.74 Å². The van der Waals surface area contributed by atoms with E-state index in [4.69, 9.17) is 16.3 Å². The number of ether oxygens (including phenoxy) is 1. The highest BCUT2D eigenvalue weighted by Crippen LogP contribution is 2.15. The number of halogens is 1. The first-order chi connectivity index (χ1) is 10.6. The van der Waals surface area contributed by atoms with Crippen LogP contribution in [0.1, 0.15) is 22.8 Å². The van der Waals surface area contributed by atoms with E-state index in [-0.39, 0.29) is 5.91 Å². The smallest absolute Gasteiger partial charge is 0.253 e. The average molecular weight is 318 g/mol. The van der Waals surface area contributed by atoms with Gasteiger partial charge in [-0.05, 0) is 48.4 Å². The van der Waals surface area contributed by atoms with E-state index in [1.807, 2.05) is 36.4 Å². The van der Waals surface area contributed by atoms with E-state index >= 15 is 0 Å². The highest BCUT2D eigenvalue weighted by molar-refractivity contribution is 6.30. The van der Waals surface area contributed by atoms with Gasteiger partial charge in [-0.1, -0.05) is 30.7 Å². The van der Waals surface area contributed by atoms with Crippen LogP contribution in [-0.4, -0.2) is 31.0 Å². The Labute approximate surface area is 136 Å². The van der Waals surface area contributed by atoms with E-state index < -0.39 is 0 Å². The Balaban J connectivity index is 1.84. The lowest BCUT2D eigenvalue weighted by molar-refractivity contribution is 0.0774. The second-order valence-corrected chi connectivity index (χ2v) is 5.52. The number of likely N-dealkylation sites (N-methyl/N-ethyl adjacent to an activating group) is 1. The Kier molecular flexibility index (Phi) is 5.84. The van der Waals surface area contributed by atoms with E-state index in [2.05, 4.69) is 6.92 Å². The molecule has 0 aliphatic rings. The molecule has 0 N–H and O–H groups in total. The van der Waals surface area contributed by atoms with Crippen molar-refractivity contribution in [2.24, 2.45) is 0 Å². The van der Waals surface area contributed by atoms with Crippen LogP contribution >= 0.6 is 11.6 Å². The summed E-state index contributed by atoms with van der Waals surface area (Å²) in [4.78, 5) is 13.9. The van der Waals surface area contributed by atoms with E-state index in [0.717, 1.165) is 12.2 Å². The summed E-state index contributed by atoms with van der Waals surface area (Å²) in [5.74, 6) is 0.750. The Morgan fingerprint density at radius 2 is 1.73 bits per heavy atom. The fraction of sp³-hybridized carbons (Fsp3) is 0.278. The highest BCUT2D eigenvalue weighted by Gasteiger charge is 2.11. The molecule has 22 heavy (non-hydrogen) atoms. The first-order valence-electron chi connectivity index (χ1n) is 7.33. The van der Waals surface area contributed by atoms with E-state index in [9.17, 15) is 4.79 Å². The molecule has 3 nitrogen and oxygen atoms in total. The van der Waals surface area contributed by atoms with Gasteiger partial charge in [0.1, 0.15) is 12.4 Å². The van der Waals surface area contributed by atoms with E-state index in [0.29, 0.717) is 23.7 Å². The lowest BCUT2D eigenvalue weighted by Gasteiger charge is -2.17. The zero-order valence-electron chi connectivity index (χ0n) is 12.9. The van der Waals surface area contributed by atoms with Crippen molar-refractivity contribution in [2.45, 2.75) is 13.3 Å². The minimum atomic E-state index is 0.00218. The van der Waals surface area contributed by atoms with Gasteiger partial charge in [0.05, 0.1) is 6.54 Å². The zero-order chi connectivity index (χ0) is 15.9. The fourth-order valence-corrected chi connectivity index (χ4v) is 2.16. The number of hydrogen-bond acceptors (Lipinski definition) is 2. The van der Waals surface area contributed by atoms with Gasteiger partial charge in [0, 0.05) is 17.6 Å². The second kappa shape index (κ2) is 7.85. The maximum atomic E-state index is 12.3. The van der Waals surface area contributed by atoms with Crippen molar-refractivity contribution in [2.75, 3.05) is 20.2 Å². The molecule has 0 fully saturated rings. The number of carbonyl (C=O) groups excluding carboxylic acids is 1. The SMILES string of the molecule is CCc1ccc(C(=O)N(C)CCOc2ccc(Cl)cc2)cc1. The molecule has 0 bridgehead atoms. The van der Waals surface area contributed by atoms with Crippen LogP contribution in [0.2, 0.25) is 5.02 Å². The van der Waals surface area contributed by atoms with Gasteiger partial charge in [-0.15, -0.1) is 0 Å². The Bertz CT molecular complexity index is 608. The maximum absolute atomic E-state index is 12.3. The van der Waals surface area contributed by atoms with Crippen molar-refractivity contribution >= 4 is 17.5 Å². The number of nitrogens with zero attached hydrogens (tertiary/aromatic N) is 1. The second-order valence-electron chi connectivity index (χ2n) is 5.08. The van der Waals surface area contributed by atoms with Gasteiger partial charge in [0.15, 0.2) is 0 Å². The molecule has 0 aliphatic heterocycles. The zero-order valence-corrected chi connectivity index (χ0v) is 13.6. The molecular weight excluding hydrogens is 298 g/mol. The lowest BCUT2D eigenvalue weighted by Crippen LogP contribution is -2.30. The quantitative estimate of drug-likeness (QED) is 0.804. The topological polar surface area (TPSA) is 29.5 Å². The summed E-state index contributed by atoms with van der Waals surface area (Å²) in [6, 6.07) is 14.9. The summed E-state index contributed by atoms with van der Waals surface area (Å²) in [5, 5.41) is 0.676. The van der Waals surface area contributed by atoms with E-state index in [1.54, 1.807) is 24.1 Å². The molecule has 116 valence electrons. The van der Waals surface area contributed by atoms with Gasteiger partial charge in [-0.2, -0.15) is 0 Å². The summed E-state index contributed by atoms with van der Waals surface area (Å²) < 4.78 is 5.60. The molecule has 2 aromatic rings. The first kappa shape index (κ1) is 16.4. The van der Waals surface area contributed by atoms with Crippen molar-refractivity contribution in [1.82, 2.24) is 4.90 Å². The third-order valence-corrected chi connectivity index (χ3v) is 3.72. The van der Waals surface area contributed by atoms with Crippen molar-refractivity contribution in [3.8, 4) is 5.75 Å². The van der Waals surface area contributed by atoms with Crippen LogP contribution in [0.4, 0.5) is 0 Å². The predicted octanol–water partition coefficient (Wildman–Crippen LogP) is 4.05. The highest BCUT2D eigenvalue weighted by atomic mass is 35.5. The third-order valence-electron chi connectivity index (χ3n) is 3.46. The van der Waals surface area contributed by atoms with Crippen molar-refractivity contribution < 1.29 is 9.53 Å². The number of hydrogen-bond donors (Lipinski definition) is 0. The van der Waals surface area contributed by atoms with Crippen molar-refractivity contribution in [3.63, 3.8) is 0 Å². The molecular formula is C18H20ClNO2. The van der Waals surface area contributed by atoms with Crippen LogP contribution in [0.5, 0.6) is 5.75 Å². The van der Waals surface area contributed by atoms with E-state index in [1.165, 1.54) is 5.56 Å². The molecule has 4 heteroatoms. The van der Waals surface area contributed by atoms with Gasteiger partial charge in [0.25, 0.3) is 5.91 Å². The molecule has 2 rings (SSSR count). The molecule has 0 saturated heterocycles. The van der Waals surface area contributed by atoms with Crippen LogP contribution in [0.25, 0.3) is 0 Å². The Morgan fingerprint density at radius 1 is 1.09 bits per heavy atom. The monoisotopic (exact) mass is 317 g/mol. The van der Waals surface area contributed by atoms with Crippen LogP contribution in [0, 0.1) is 0 Å². The predicted molar refractivity (Wildman–Crippen MR) is 89.7 cm³/mol. The van der Waals surface area contributed by atoms with Crippen LogP contribution in [-0.2, 0) is 6.42 Å². The molecule has 0 spiro atoms. The van der Waals surface area contributed by atoms with Crippen LogP contribution in [0.15, 0.2) is 48.5 Å². The molecule has 0 unspecified atom stereocenters. The molecule has 2 aromatic carbocycles. The van der Waals surface area contributed by atoms with Gasteiger partial charge < -0.3 is 9.64 Å². The first-order valence-corrected chi connectivity index (χ1v) is 7.70. The number of rotatable bonds is 6. The van der Waals surface area contributed by atoms with Crippen LogP contribution in [0.3, 0.4) is 0 Å². The average Bonchev–Trinajstić information content (AvgIpc) is 2.56. The number of aryl methyl sites for hydroxylation is 1. The fourth-order valence-electron chi connectivity index (χ4n) is 2.04. The molecule has 0 atom stereocenters. The minimum absolute atomic E-state index is 0.00218. The Hall–Kier alpha value is -2.00. The number of carbonyl (C=O) groups is 1. The molecule has 0 heterocycles. The van der Waals surface area contributed by atoms with Gasteiger partial charge >= 0.3 is 0 Å². The lowest BCUT2D eigenvalue weighted by atomic mass is 10.1. The Morgan fingerprint density at radius 3 is 2.32 bits per heavy atom. The third kappa shape index (κ3) is 4.50. The minimum Gasteiger partial charge on any atom is -0.492 e. The molecule has 0 aromatic heterocycles. The summed E-state index contributed by atoms with van der Waals surface area (Å²) >= 11 is 5.82. The summed E-state index contributed by atoms with van der Waals surface area (Å²) in [5.41, 5.74) is 1.93.